The minimum atomic E-state index is -0.120. The predicted octanol–water partition coefficient (Wildman–Crippen LogP) is 5.05. The van der Waals surface area contributed by atoms with Gasteiger partial charge in [-0.25, -0.2) is 4.98 Å². The zero-order valence-electron chi connectivity index (χ0n) is 19.0. The van der Waals surface area contributed by atoms with Crippen LogP contribution in [-0.4, -0.2) is 48.6 Å². The SMILES string of the molecule is Cc1nc(C(=O)NCC(c2ccc(C(C)C)cc2)N2CCOCC2)c(-c2ccccc2)s1. The number of nitrogens with zero attached hydrogens (tertiary/aromatic N) is 2. The fraction of sp³-hybridized carbons (Fsp3) is 0.385. The van der Waals surface area contributed by atoms with Crippen LogP contribution >= 0.6 is 11.3 Å². The number of carbonyl (C=O) groups excluding carboxylic acids is 1. The standard InChI is InChI=1S/C26H31N3O2S/c1-18(2)20-9-11-21(12-10-20)23(29-13-15-31-16-14-29)17-27-26(30)24-25(32-19(3)28-24)22-7-5-4-6-8-22/h4-12,18,23H,13-17H2,1-3H3,(H,27,30). The minimum Gasteiger partial charge on any atom is -0.379 e. The van der Waals surface area contributed by atoms with Crippen LogP contribution in [0.3, 0.4) is 0 Å². The number of morpholine rings is 1. The largest absolute Gasteiger partial charge is 0.379 e. The van der Waals surface area contributed by atoms with Gasteiger partial charge in [0.2, 0.25) is 0 Å². The fourth-order valence-corrected chi connectivity index (χ4v) is 5.01. The number of aryl methyl sites for hydroxylation is 1. The molecule has 2 heterocycles. The molecule has 5 nitrogen and oxygen atoms in total. The Morgan fingerprint density at radius 1 is 1.06 bits per heavy atom. The topological polar surface area (TPSA) is 54.5 Å². The molecule has 0 radical (unpaired) electrons. The first kappa shape index (κ1) is 22.6. The zero-order valence-corrected chi connectivity index (χ0v) is 19.8. The first-order valence-corrected chi connectivity index (χ1v) is 12.1. The van der Waals surface area contributed by atoms with E-state index in [2.05, 4.69) is 53.3 Å². The Bertz CT molecular complexity index is 1020. The summed E-state index contributed by atoms with van der Waals surface area (Å²) in [5.41, 5.74) is 4.07. The normalized spacial score (nSPS) is 15.6. The van der Waals surface area contributed by atoms with Crippen LogP contribution in [0, 0.1) is 6.92 Å². The summed E-state index contributed by atoms with van der Waals surface area (Å²) < 4.78 is 5.56. The number of ether oxygens (including phenoxy) is 1. The molecule has 1 atom stereocenters. The number of hydrogen-bond donors (Lipinski definition) is 1. The van der Waals surface area contributed by atoms with Crippen molar-refractivity contribution >= 4 is 17.2 Å². The molecule has 1 aliphatic heterocycles. The van der Waals surface area contributed by atoms with Gasteiger partial charge in [-0.15, -0.1) is 11.3 Å². The van der Waals surface area contributed by atoms with Crippen LogP contribution in [0.1, 0.15) is 52.4 Å². The summed E-state index contributed by atoms with van der Waals surface area (Å²) in [7, 11) is 0. The van der Waals surface area contributed by atoms with Crippen molar-refractivity contribution in [1.29, 1.82) is 0 Å². The molecule has 1 aliphatic rings. The van der Waals surface area contributed by atoms with Gasteiger partial charge in [0, 0.05) is 19.6 Å². The maximum Gasteiger partial charge on any atom is 0.271 e. The second-order valence-corrected chi connectivity index (χ2v) is 9.68. The smallest absolute Gasteiger partial charge is 0.271 e. The molecule has 2 aromatic carbocycles. The van der Waals surface area contributed by atoms with Gasteiger partial charge in [-0.1, -0.05) is 68.4 Å². The van der Waals surface area contributed by atoms with Gasteiger partial charge in [0.1, 0.15) is 5.69 Å². The lowest BCUT2D eigenvalue weighted by Crippen LogP contribution is -2.44. The van der Waals surface area contributed by atoms with E-state index < -0.39 is 0 Å². The second-order valence-electron chi connectivity index (χ2n) is 8.47. The lowest BCUT2D eigenvalue weighted by molar-refractivity contribution is 0.0162. The highest BCUT2D eigenvalue weighted by atomic mass is 32.1. The molecule has 0 aliphatic carbocycles. The monoisotopic (exact) mass is 449 g/mol. The van der Waals surface area contributed by atoms with Crippen LogP contribution < -0.4 is 5.32 Å². The lowest BCUT2D eigenvalue weighted by atomic mass is 9.98. The van der Waals surface area contributed by atoms with Crippen molar-refractivity contribution in [2.75, 3.05) is 32.8 Å². The van der Waals surface area contributed by atoms with Crippen LogP contribution in [-0.2, 0) is 4.74 Å². The average Bonchev–Trinajstić information content (AvgIpc) is 3.22. The molecule has 1 fully saturated rings. The summed E-state index contributed by atoms with van der Waals surface area (Å²) in [6.07, 6.45) is 0. The molecular formula is C26H31N3O2S. The van der Waals surface area contributed by atoms with Crippen molar-refractivity contribution in [1.82, 2.24) is 15.2 Å². The highest BCUT2D eigenvalue weighted by Crippen LogP contribution is 2.30. The first-order valence-electron chi connectivity index (χ1n) is 11.3. The predicted molar refractivity (Wildman–Crippen MR) is 130 cm³/mol. The molecule has 1 aromatic heterocycles. The van der Waals surface area contributed by atoms with Crippen LogP contribution in [0.2, 0.25) is 0 Å². The number of aromatic nitrogens is 1. The van der Waals surface area contributed by atoms with Gasteiger partial charge >= 0.3 is 0 Å². The number of hydrogen-bond acceptors (Lipinski definition) is 5. The van der Waals surface area contributed by atoms with E-state index in [0.717, 1.165) is 41.8 Å². The fourth-order valence-electron chi connectivity index (χ4n) is 4.09. The molecule has 0 spiro atoms. The Labute approximate surface area is 194 Å². The summed E-state index contributed by atoms with van der Waals surface area (Å²) in [5.74, 6) is 0.375. The Balaban J connectivity index is 1.54. The molecule has 1 N–H and O–H groups in total. The number of thiazole rings is 1. The van der Waals surface area contributed by atoms with E-state index in [1.165, 1.54) is 11.1 Å². The van der Waals surface area contributed by atoms with Crippen molar-refractivity contribution in [3.05, 3.63) is 76.4 Å². The van der Waals surface area contributed by atoms with Gasteiger partial charge in [-0.2, -0.15) is 0 Å². The summed E-state index contributed by atoms with van der Waals surface area (Å²) in [4.78, 5) is 21.1. The second kappa shape index (κ2) is 10.4. The first-order chi connectivity index (χ1) is 15.5. The quantitative estimate of drug-likeness (QED) is 0.549. The molecule has 1 unspecified atom stereocenters. The maximum absolute atomic E-state index is 13.2. The van der Waals surface area contributed by atoms with E-state index in [1.807, 2.05) is 37.3 Å². The Morgan fingerprint density at radius 2 is 1.72 bits per heavy atom. The third kappa shape index (κ3) is 5.26. The molecule has 1 saturated heterocycles. The summed E-state index contributed by atoms with van der Waals surface area (Å²) in [5, 5.41) is 4.07. The lowest BCUT2D eigenvalue weighted by Gasteiger charge is -2.35. The molecule has 6 heteroatoms. The van der Waals surface area contributed by atoms with Crippen LogP contribution in [0.4, 0.5) is 0 Å². The maximum atomic E-state index is 13.2. The van der Waals surface area contributed by atoms with Gasteiger partial charge in [0.15, 0.2) is 0 Å². The number of benzene rings is 2. The van der Waals surface area contributed by atoms with E-state index in [9.17, 15) is 4.79 Å². The number of rotatable bonds is 7. The van der Waals surface area contributed by atoms with Crippen LogP contribution in [0.15, 0.2) is 54.6 Å². The van der Waals surface area contributed by atoms with Crippen LogP contribution in [0.25, 0.3) is 10.4 Å². The number of carbonyl (C=O) groups is 1. The average molecular weight is 450 g/mol. The summed E-state index contributed by atoms with van der Waals surface area (Å²) in [6, 6.07) is 18.9. The molecule has 4 rings (SSSR count). The Hall–Kier alpha value is -2.54. The minimum absolute atomic E-state index is 0.101. The van der Waals surface area contributed by atoms with Gasteiger partial charge < -0.3 is 10.1 Å². The van der Waals surface area contributed by atoms with E-state index in [4.69, 9.17) is 4.74 Å². The van der Waals surface area contributed by atoms with Gasteiger partial charge in [-0.3, -0.25) is 9.69 Å². The van der Waals surface area contributed by atoms with Crippen molar-refractivity contribution in [3.8, 4) is 10.4 Å². The third-order valence-electron chi connectivity index (χ3n) is 5.92. The van der Waals surface area contributed by atoms with E-state index in [-0.39, 0.29) is 11.9 Å². The van der Waals surface area contributed by atoms with Crippen molar-refractivity contribution < 1.29 is 9.53 Å². The highest BCUT2D eigenvalue weighted by Gasteiger charge is 2.25. The highest BCUT2D eigenvalue weighted by molar-refractivity contribution is 7.15. The van der Waals surface area contributed by atoms with Gasteiger partial charge in [-0.05, 0) is 29.5 Å². The van der Waals surface area contributed by atoms with Gasteiger partial charge in [0.05, 0.1) is 29.1 Å². The summed E-state index contributed by atoms with van der Waals surface area (Å²) in [6.45, 7) is 10.0. The van der Waals surface area contributed by atoms with Gasteiger partial charge in [0.25, 0.3) is 5.91 Å². The molecule has 168 valence electrons. The van der Waals surface area contributed by atoms with Crippen LogP contribution in [0.5, 0.6) is 0 Å². The molecule has 32 heavy (non-hydrogen) atoms. The van der Waals surface area contributed by atoms with E-state index >= 15 is 0 Å². The zero-order chi connectivity index (χ0) is 22.5. The van der Waals surface area contributed by atoms with Crippen molar-refractivity contribution in [2.24, 2.45) is 0 Å². The molecule has 1 amide bonds. The molecular weight excluding hydrogens is 418 g/mol. The van der Waals surface area contributed by atoms with Crippen molar-refractivity contribution in [3.63, 3.8) is 0 Å². The van der Waals surface area contributed by atoms with E-state index in [1.54, 1.807) is 11.3 Å². The third-order valence-corrected chi connectivity index (χ3v) is 6.94. The Kier molecular flexibility index (Phi) is 7.35. The number of amides is 1. The number of nitrogens with one attached hydrogen (secondary N) is 1. The van der Waals surface area contributed by atoms with Crippen molar-refractivity contribution in [2.45, 2.75) is 32.7 Å². The molecule has 0 saturated carbocycles. The summed E-state index contributed by atoms with van der Waals surface area (Å²) >= 11 is 1.56. The van der Waals surface area contributed by atoms with E-state index in [0.29, 0.717) is 18.2 Å². The molecule has 0 bridgehead atoms. The molecule has 3 aromatic rings. The Morgan fingerprint density at radius 3 is 2.38 bits per heavy atom.